The number of ether oxygens (including phenoxy) is 1. The van der Waals surface area contributed by atoms with Gasteiger partial charge < -0.3 is 19.9 Å². The molecule has 1 fully saturated rings. The Labute approximate surface area is 187 Å². The number of anilines is 4. The van der Waals surface area contributed by atoms with E-state index in [0.29, 0.717) is 34.4 Å². The minimum absolute atomic E-state index is 0.294. The van der Waals surface area contributed by atoms with E-state index in [1.54, 1.807) is 19.5 Å². The highest BCUT2D eigenvalue weighted by atomic mass is 31.2. The van der Waals surface area contributed by atoms with Gasteiger partial charge in [-0.25, -0.2) is 4.98 Å². The number of rotatable bonds is 6. The molecular formula is C22H26N7O2P. The standard InChI is InChI=1S/C22H26N7O2P/c1-15-19(14-25-29(15)17-8-10-31-11-9-17)27-22-24-13-16(12-23)21(28-22)26-18-6-4-5-7-20(18)32(2,3)30/h4-7,13-14,17H,8-11H2,1-3H3,(H2,24,26,27,28). The second-order valence-electron chi connectivity index (χ2n) is 8.12. The molecule has 1 saturated heterocycles. The lowest BCUT2D eigenvalue weighted by molar-refractivity contribution is 0.0657. The van der Waals surface area contributed by atoms with Crippen LogP contribution in [0.5, 0.6) is 0 Å². The SMILES string of the molecule is Cc1c(Nc2ncc(C#N)c(Nc3ccccc3P(C)(C)=O)n2)cnn1C1CCOCC1. The zero-order chi connectivity index (χ0) is 22.7. The Bertz CT molecular complexity index is 1210. The molecule has 3 heterocycles. The van der Waals surface area contributed by atoms with E-state index in [2.05, 4.69) is 31.8 Å². The molecule has 32 heavy (non-hydrogen) atoms. The number of para-hydroxylation sites is 1. The van der Waals surface area contributed by atoms with Crippen LogP contribution in [0.25, 0.3) is 0 Å². The first-order valence-corrected chi connectivity index (χ1v) is 13.0. The van der Waals surface area contributed by atoms with Gasteiger partial charge in [-0.3, -0.25) is 4.68 Å². The first kappa shape index (κ1) is 22.0. The number of aromatic nitrogens is 4. The van der Waals surface area contributed by atoms with E-state index < -0.39 is 7.14 Å². The van der Waals surface area contributed by atoms with Crippen LogP contribution in [0.3, 0.4) is 0 Å². The summed E-state index contributed by atoms with van der Waals surface area (Å²) in [7, 11) is -2.52. The largest absolute Gasteiger partial charge is 0.381 e. The average Bonchev–Trinajstić information content (AvgIpc) is 3.14. The predicted molar refractivity (Wildman–Crippen MR) is 125 cm³/mol. The van der Waals surface area contributed by atoms with Gasteiger partial charge in [0.1, 0.15) is 18.8 Å². The number of hydrogen-bond donors (Lipinski definition) is 2. The van der Waals surface area contributed by atoms with Crippen molar-refractivity contribution in [2.75, 3.05) is 37.2 Å². The van der Waals surface area contributed by atoms with Crippen molar-refractivity contribution in [2.45, 2.75) is 25.8 Å². The van der Waals surface area contributed by atoms with Crippen LogP contribution in [0.1, 0.15) is 30.1 Å². The Kier molecular flexibility index (Phi) is 6.26. The molecule has 4 rings (SSSR count). The van der Waals surface area contributed by atoms with E-state index in [9.17, 15) is 9.83 Å². The zero-order valence-electron chi connectivity index (χ0n) is 18.4. The number of nitrogens with one attached hydrogen (secondary N) is 2. The fourth-order valence-corrected chi connectivity index (χ4v) is 4.92. The van der Waals surface area contributed by atoms with Crippen molar-refractivity contribution in [1.82, 2.24) is 19.7 Å². The molecule has 1 aliphatic rings. The number of benzene rings is 1. The lowest BCUT2D eigenvalue weighted by Gasteiger charge is -2.23. The van der Waals surface area contributed by atoms with Crippen molar-refractivity contribution in [3.63, 3.8) is 0 Å². The number of nitrogens with zero attached hydrogens (tertiary/aromatic N) is 5. The van der Waals surface area contributed by atoms with E-state index in [1.807, 2.05) is 35.9 Å². The molecule has 1 aromatic carbocycles. The molecule has 0 saturated carbocycles. The van der Waals surface area contributed by atoms with Gasteiger partial charge in [0.2, 0.25) is 5.95 Å². The third-order valence-electron chi connectivity index (χ3n) is 5.47. The lowest BCUT2D eigenvalue weighted by Crippen LogP contribution is -2.21. The summed E-state index contributed by atoms with van der Waals surface area (Å²) in [6, 6.07) is 9.77. The topological polar surface area (TPSA) is 118 Å². The van der Waals surface area contributed by atoms with Gasteiger partial charge in [-0.15, -0.1) is 0 Å². The number of hydrogen-bond acceptors (Lipinski definition) is 8. The summed E-state index contributed by atoms with van der Waals surface area (Å²) in [5.74, 6) is 0.690. The summed E-state index contributed by atoms with van der Waals surface area (Å²) in [6.45, 7) is 6.91. The maximum absolute atomic E-state index is 12.7. The van der Waals surface area contributed by atoms with Crippen molar-refractivity contribution < 1.29 is 9.30 Å². The van der Waals surface area contributed by atoms with Crippen LogP contribution < -0.4 is 15.9 Å². The summed E-state index contributed by atoms with van der Waals surface area (Å²) in [4.78, 5) is 8.80. The highest BCUT2D eigenvalue weighted by Gasteiger charge is 2.21. The Morgan fingerprint density at radius 2 is 1.91 bits per heavy atom. The molecule has 0 radical (unpaired) electrons. The van der Waals surface area contributed by atoms with Gasteiger partial charge in [-0.1, -0.05) is 12.1 Å². The average molecular weight is 451 g/mol. The number of nitriles is 1. The van der Waals surface area contributed by atoms with Crippen molar-refractivity contribution in [3.05, 3.63) is 47.9 Å². The Morgan fingerprint density at radius 1 is 1.16 bits per heavy atom. The quantitative estimate of drug-likeness (QED) is 0.541. The maximum atomic E-state index is 12.7. The Balaban J connectivity index is 1.61. The summed E-state index contributed by atoms with van der Waals surface area (Å²) in [5, 5.41) is 21.2. The first-order valence-electron chi connectivity index (χ1n) is 10.4. The molecule has 3 aromatic rings. The van der Waals surface area contributed by atoms with Gasteiger partial charge in [-0.05, 0) is 45.2 Å². The molecule has 2 aromatic heterocycles. The van der Waals surface area contributed by atoms with Gasteiger partial charge >= 0.3 is 0 Å². The van der Waals surface area contributed by atoms with Crippen molar-refractivity contribution in [3.8, 4) is 6.07 Å². The molecule has 2 N–H and O–H groups in total. The molecule has 0 spiro atoms. The van der Waals surface area contributed by atoms with Gasteiger partial charge in [0.15, 0.2) is 5.82 Å². The molecule has 0 amide bonds. The van der Waals surface area contributed by atoms with Gasteiger partial charge in [0, 0.05) is 18.5 Å². The van der Waals surface area contributed by atoms with Crippen LogP contribution >= 0.6 is 7.14 Å². The highest BCUT2D eigenvalue weighted by molar-refractivity contribution is 7.70. The second-order valence-corrected chi connectivity index (χ2v) is 11.3. The fourth-order valence-electron chi connectivity index (χ4n) is 3.76. The Morgan fingerprint density at radius 3 is 2.62 bits per heavy atom. The summed E-state index contributed by atoms with van der Waals surface area (Å²) >= 11 is 0. The van der Waals surface area contributed by atoms with Gasteiger partial charge in [0.05, 0.1) is 35.5 Å². The first-order chi connectivity index (χ1) is 15.4. The van der Waals surface area contributed by atoms with Crippen LogP contribution in [-0.4, -0.2) is 46.3 Å². The molecular weight excluding hydrogens is 425 g/mol. The molecule has 9 nitrogen and oxygen atoms in total. The van der Waals surface area contributed by atoms with Crippen molar-refractivity contribution in [1.29, 1.82) is 5.26 Å². The second kappa shape index (κ2) is 9.11. The normalized spacial score (nSPS) is 14.7. The molecule has 0 bridgehead atoms. The van der Waals surface area contributed by atoms with Crippen molar-refractivity contribution >= 4 is 35.6 Å². The monoisotopic (exact) mass is 451 g/mol. The van der Waals surface area contributed by atoms with E-state index >= 15 is 0 Å². The van der Waals surface area contributed by atoms with Crippen molar-refractivity contribution in [2.24, 2.45) is 0 Å². The molecule has 0 aliphatic carbocycles. The van der Waals surface area contributed by atoms with Crippen LogP contribution in [0.2, 0.25) is 0 Å². The van der Waals surface area contributed by atoms with E-state index in [-0.39, 0.29) is 0 Å². The smallest absolute Gasteiger partial charge is 0.229 e. The molecule has 166 valence electrons. The fraction of sp³-hybridized carbons (Fsp3) is 0.364. The lowest BCUT2D eigenvalue weighted by atomic mass is 10.1. The van der Waals surface area contributed by atoms with Gasteiger partial charge in [0.25, 0.3) is 0 Å². The van der Waals surface area contributed by atoms with Crippen LogP contribution in [-0.2, 0) is 9.30 Å². The summed E-state index contributed by atoms with van der Waals surface area (Å²) in [5.41, 5.74) is 2.74. The zero-order valence-corrected chi connectivity index (χ0v) is 19.3. The molecule has 0 atom stereocenters. The molecule has 1 aliphatic heterocycles. The minimum Gasteiger partial charge on any atom is -0.381 e. The third-order valence-corrected chi connectivity index (χ3v) is 7.02. The Hall–Kier alpha value is -3.21. The predicted octanol–water partition coefficient (Wildman–Crippen LogP) is 3.94. The van der Waals surface area contributed by atoms with Crippen LogP contribution in [0.4, 0.5) is 23.1 Å². The van der Waals surface area contributed by atoms with Gasteiger partial charge in [-0.2, -0.15) is 15.3 Å². The third kappa shape index (κ3) is 4.67. The highest BCUT2D eigenvalue weighted by Crippen LogP contribution is 2.38. The van der Waals surface area contributed by atoms with E-state index in [4.69, 9.17) is 4.74 Å². The molecule has 10 heteroatoms. The van der Waals surface area contributed by atoms with Crippen LogP contribution in [0.15, 0.2) is 36.7 Å². The maximum Gasteiger partial charge on any atom is 0.229 e. The minimum atomic E-state index is -2.52. The van der Waals surface area contributed by atoms with E-state index in [0.717, 1.165) is 37.4 Å². The summed E-state index contributed by atoms with van der Waals surface area (Å²) in [6.07, 6.45) is 5.10. The molecule has 0 unspecified atom stereocenters. The summed E-state index contributed by atoms with van der Waals surface area (Å²) < 4.78 is 20.2. The van der Waals surface area contributed by atoms with E-state index in [1.165, 1.54) is 6.20 Å². The van der Waals surface area contributed by atoms with Crippen LogP contribution in [0, 0.1) is 18.3 Å².